The molecule has 0 N–H and O–H groups in total. The molecule has 1 heterocycles. The van der Waals surface area contributed by atoms with Crippen molar-refractivity contribution < 1.29 is 14.3 Å². The fourth-order valence-electron chi connectivity index (χ4n) is 1.03. The van der Waals surface area contributed by atoms with Crippen molar-refractivity contribution >= 4 is 5.97 Å². The molecule has 0 aromatic heterocycles. The van der Waals surface area contributed by atoms with Crippen LogP contribution in [-0.2, 0) is 4.74 Å². The van der Waals surface area contributed by atoms with Crippen LogP contribution in [0.3, 0.4) is 0 Å². The second-order valence-corrected chi connectivity index (χ2v) is 2.36. The lowest BCUT2D eigenvalue weighted by atomic mass is 10.2. The van der Waals surface area contributed by atoms with Crippen LogP contribution in [-0.4, -0.2) is 5.97 Å². The fourth-order valence-corrected chi connectivity index (χ4v) is 1.03. The van der Waals surface area contributed by atoms with Crippen LogP contribution in [0.1, 0.15) is 10.4 Å². The predicted octanol–water partition coefficient (Wildman–Crippen LogP) is 1.71. The topological polar surface area (TPSA) is 35.5 Å². The number of para-hydroxylation sites is 1. The van der Waals surface area contributed by atoms with Gasteiger partial charge in [-0.15, -0.1) is 0 Å². The molecule has 0 aliphatic carbocycles. The highest BCUT2D eigenvalue weighted by Crippen LogP contribution is 2.25. The number of benzene rings is 1. The van der Waals surface area contributed by atoms with Crippen LogP contribution >= 0.6 is 0 Å². The number of carbonyl (C=O) groups excluding carboxylic acids is 1. The first-order valence-corrected chi connectivity index (χ1v) is 3.45. The molecule has 0 fully saturated rings. The molecule has 0 amide bonds. The SMILES string of the molecule is C=C1OC(=O)c2ccccc2O1. The number of cyclic esters (lactones) is 1. The van der Waals surface area contributed by atoms with E-state index in [-0.39, 0.29) is 5.95 Å². The number of hydrogen-bond acceptors (Lipinski definition) is 3. The van der Waals surface area contributed by atoms with E-state index in [1.54, 1.807) is 24.3 Å². The summed E-state index contributed by atoms with van der Waals surface area (Å²) < 4.78 is 9.72. The van der Waals surface area contributed by atoms with Crippen molar-refractivity contribution in [3.63, 3.8) is 0 Å². The second kappa shape index (κ2) is 2.37. The lowest BCUT2D eigenvalue weighted by molar-refractivity contribution is 0.0414. The van der Waals surface area contributed by atoms with Crippen molar-refractivity contribution in [3.05, 3.63) is 42.4 Å². The standard InChI is InChI=1S/C9H6O3/c1-6-11-8-5-3-2-4-7(8)9(10)12-6/h2-5H,1H2. The molecule has 60 valence electrons. The van der Waals surface area contributed by atoms with E-state index in [4.69, 9.17) is 4.74 Å². The summed E-state index contributed by atoms with van der Waals surface area (Å²) in [5.41, 5.74) is 0.435. The smallest absolute Gasteiger partial charge is 0.349 e. The van der Waals surface area contributed by atoms with Gasteiger partial charge in [0.1, 0.15) is 11.3 Å². The van der Waals surface area contributed by atoms with Gasteiger partial charge >= 0.3 is 5.97 Å². The molecular weight excluding hydrogens is 156 g/mol. The Morgan fingerprint density at radius 3 is 2.75 bits per heavy atom. The molecule has 3 heteroatoms. The van der Waals surface area contributed by atoms with Crippen molar-refractivity contribution in [3.8, 4) is 5.75 Å². The third-order valence-electron chi connectivity index (χ3n) is 1.54. The van der Waals surface area contributed by atoms with Crippen LogP contribution in [0.4, 0.5) is 0 Å². The molecule has 0 radical (unpaired) electrons. The number of hydrogen-bond donors (Lipinski definition) is 0. The van der Waals surface area contributed by atoms with Crippen molar-refractivity contribution in [1.29, 1.82) is 0 Å². The average molecular weight is 162 g/mol. The Kier molecular flexibility index (Phi) is 1.37. The molecule has 0 saturated carbocycles. The summed E-state index contributed by atoms with van der Waals surface area (Å²) in [6, 6.07) is 6.87. The van der Waals surface area contributed by atoms with Crippen LogP contribution in [0.2, 0.25) is 0 Å². The first kappa shape index (κ1) is 6.91. The van der Waals surface area contributed by atoms with Gasteiger partial charge < -0.3 is 9.47 Å². The Hall–Kier alpha value is -1.77. The third-order valence-corrected chi connectivity index (χ3v) is 1.54. The van der Waals surface area contributed by atoms with Gasteiger partial charge in [-0.25, -0.2) is 4.79 Å². The average Bonchev–Trinajstić information content (AvgIpc) is 2.04. The number of ether oxygens (including phenoxy) is 2. The number of carbonyl (C=O) groups is 1. The predicted molar refractivity (Wildman–Crippen MR) is 41.6 cm³/mol. The van der Waals surface area contributed by atoms with E-state index in [2.05, 4.69) is 11.3 Å². The molecule has 0 unspecified atom stereocenters. The van der Waals surface area contributed by atoms with E-state index in [1.165, 1.54) is 0 Å². The van der Waals surface area contributed by atoms with E-state index < -0.39 is 5.97 Å². The molecule has 2 rings (SSSR count). The van der Waals surface area contributed by atoms with E-state index >= 15 is 0 Å². The van der Waals surface area contributed by atoms with E-state index in [0.29, 0.717) is 11.3 Å². The number of fused-ring (bicyclic) bond motifs is 1. The molecule has 0 atom stereocenters. The maximum atomic E-state index is 11.1. The highest BCUT2D eigenvalue weighted by Gasteiger charge is 2.21. The molecule has 0 spiro atoms. The Balaban J connectivity index is 2.54. The number of rotatable bonds is 0. The van der Waals surface area contributed by atoms with Crippen molar-refractivity contribution in [1.82, 2.24) is 0 Å². The monoisotopic (exact) mass is 162 g/mol. The van der Waals surface area contributed by atoms with Gasteiger partial charge in [-0.05, 0) is 18.7 Å². The fraction of sp³-hybridized carbons (Fsp3) is 0. The van der Waals surface area contributed by atoms with E-state index in [0.717, 1.165) is 0 Å². The minimum atomic E-state index is -0.415. The van der Waals surface area contributed by atoms with Gasteiger partial charge in [0.15, 0.2) is 0 Å². The Labute approximate surface area is 69.2 Å². The third kappa shape index (κ3) is 0.955. The summed E-state index contributed by atoms with van der Waals surface area (Å²) in [5, 5.41) is 0. The molecular formula is C9H6O3. The summed E-state index contributed by atoms with van der Waals surface area (Å²) in [4.78, 5) is 11.1. The van der Waals surface area contributed by atoms with E-state index in [1.807, 2.05) is 0 Å². The van der Waals surface area contributed by atoms with Crippen LogP contribution in [0.25, 0.3) is 0 Å². The van der Waals surface area contributed by atoms with Crippen molar-refractivity contribution in [2.45, 2.75) is 0 Å². The van der Waals surface area contributed by atoms with Crippen molar-refractivity contribution in [2.75, 3.05) is 0 Å². The van der Waals surface area contributed by atoms with Crippen LogP contribution in [0, 0.1) is 0 Å². The summed E-state index contributed by atoms with van der Waals surface area (Å²) in [6.07, 6.45) is 0. The Morgan fingerprint density at radius 2 is 1.92 bits per heavy atom. The second-order valence-electron chi connectivity index (χ2n) is 2.36. The maximum absolute atomic E-state index is 11.1. The molecule has 3 nitrogen and oxygen atoms in total. The summed E-state index contributed by atoms with van der Waals surface area (Å²) in [6.45, 7) is 3.40. The maximum Gasteiger partial charge on any atom is 0.349 e. The zero-order chi connectivity index (χ0) is 8.55. The lowest BCUT2D eigenvalue weighted by Crippen LogP contribution is -2.15. The van der Waals surface area contributed by atoms with Gasteiger partial charge in [-0.2, -0.15) is 0 Å². The Morgan fingerprint density at radius 1 is 1.17 bits per heavy atom. The quantitative estimate of drug-likeness (QED) is 0.545. The first-order chi connectivity index (χ1) is 5.77. The highest BCUT2D eigenvalue weighted by molar-refractivity contribution is 5.93. The summed E-state index contributed by atoms with van der Waals surface area (Å²) in [5.74, 6) is 0.110. The van der Waals surface area contributed by atoms with Gasteiger partial charge in [-0.3, -0.25) is 0 Å². The lowest BCUT2D eigenvalue weighted by Gasteiger charge is -2.16. The van der Waals surface area contributed by atoms with Gasteiger partial charge in [0.25, 0.3) is 5.95 Å². The zero-order valence-corrected chi connectivity index (χ0v) is 6.24. The number of esters is 1. The molecule has 1 aromatic rings. The molecule has 12 heavy (non-hydrogen) atoms. The molecule has 1 aliphatic heterocycles. The van der Waals surface area contributed by atoms with E-state index in [9.17, 15) is 4.79 Å². The van der Waals surface area contributed by atoms with Crippen molar-refractivity contribution in [2.24, 2.45) is 0 Å². The van der Waals surface area contributed by atoms with Gasteiger partial charge in [0.05, 0.1) is 0 Å². The largest absolute Gasteiger partial charge is 0.425 e. The minimum Gasteiger partial charge on any atom is -0.425 e. The van der Waals surface area contributed by atoms with Crippen LogP contribution < -0.4 is 4.74 Å². The Bertz CT molecular complexity index is 355. The molecule has 1 aliphatic rings. The molecule has 0 saturated heterocycles. The van der Waals surface area contributed by atoms with Crippen LogP contribution in [0.5, 0.6) is 5.75 Å². The van der Waals surface area contributed by atoms with Gasteiger partial charge in [-0.1, -0.05) is 12.1 Å². The van der Waals surface area contributed by atoms with Crippen LogP contribution in [0.15, 0.2) is 36.8 Å². The highest BCUT2D eigenvalue weighted by atomic mass is 16.7. The zero-order valence-electron chi connectivity index (χ0n) is 6.24. The molecule has 1 aromatic carbocycles. The molecule has 0 bridgehead atoms. The normalized spacial score (nSPS) is 14.7. The summed E-state index contributed by atoms with van der Waals surface area (Å²) in [7, 11) is 0. The summed E-state index contributed by atoms with van der Waals surface area (Å²) >= 11 is 0. The minimum absolute atomic E-state index is 0.0266. The van der Waals surface area contributed by atoms with Gasteiger partial charge in [0, 0.05) is 0 Å². The van der Waals surface area contributed by atoms with Gasteiger partial charge in [0.2, 0.25) is 0 Å². The first-order valence-electron chi connectivity index (χ1n) is 3.45.